The monoisotopic (exact) mass is 696 g/mol. The molecule has 1 aromatic carbocycles. The van der Waals surface area contributed by atoms with E-state index in [2.05, 4.69) is 10.2 Å². The van der Waals surface area contributed by atoms with Gasteiger partial charge in [0, 0.05) is 71.3 Å². The minimum absolute atomic E-state index is 0.0693. The number of benzene rings is 1. The Morgan fingerprint density at radius 1 is 0.913 bits per heavy atom. The van der Waals surface area contributed by atoms with Gasteiger partial charge >= 0.3 is 18.0 Å². The average molecular weight is 698 g/mol. The molecule has 4 unspecified atom stereocenters. The third kappa shape index (κ3) is 6.83. The lowest BCUT2D eigenvalue weighted by molar-refractivity contribution is -0.137. The van der Waals surface area contributed by atoms with Crippen molar-refractivity contribution in [2.45, 2.75) is 75.6 Å². The molecular weight excluding hydrogens is 659 g/mol. The zero-order valence-corrected chi connectivity index (χ0v) is 28.6. The first-order valence-corrected chi connectivity index (χ1v) is 16.6. The standard InChI is InChI=1S/C32H39Cl3N4O7/c1-17-26(30(41)44-3)29(27-22(34)6-5-7-23(27)35)28(31(42)45-4)24(36-17)16-25(40)38-12-10-37(11-13-38)21-14-19-8-9-20(15-21)39(19)32(43)46-18(2)33/h5-7,18-21,29,36H,8-16H2,1-4H3. The van der Waals surface area contributed by atoms with Gasteiger partial charge in [-0.25, -0.2) is 14.4 Å². The Morgan fingerprint density at radius 3 is 2.02 bits per heavy atom. The van der Waals surface area contributed by atoms with Gasteiger partial charge in [0.2, 0.25) is 5.91 Å². The summed E-state index contributed by atoms with van der Waals surface area (Å²) in [5.41, 5.74) is 0.614. The van der Waals surface area contributed by atoms with Crippen LogP contribution in [0.4, 0.5) is 4.79 Å². The van der Waals surface area contributed by atoms with Crippen LogP contribution in [0.1, 0.15) is 57.4 Å². The number of piperidine rings is 1. The maximum absolute atomic E-state index is 13.7. The summed E-state index contributed by atoms with van der Waals surface area (Å²) in [7, 11) is 2.48. The summed E-state index contributed by atoms with van der Waals surface area (Å²) in [5.74, 6) is -2.58. The van der Waals surface area contributed by atoms with Crippen LogP contribution in [0.25, 0.3) is 0 Å². The molecule has 1 N–H and O–H groups in total. The lowest BCUT2D eigenvalue weighted by Crippen LogP contribution is -2.57. The van der Waals surface area contributed by atoms with Gasteiger partial charge < -0.3 is 29.3 Å². The molecule has 14 heteroatoms. The van der Waals surface area contributed by atoms with Crippen molar-refractivity contribution in [3.63, 3.8) is 0 Å². The molecule has 0 spiro atoms. The molecule has 0 radical (unpaired) electrons. The molecule has 250 valence electrons. The van der Waals surface area contributed by atoms with Crippen LogP contribution in [0.15, 0.2) is 40.7 Å². The van der Waals surface area contributed by atoms with Crippen molar-refractivity contribution in [1.82, 2.24) is 20.0 Å². The minimum atomic E-state index is -1.02. The molecule has 2 bridgehead atoms. The normalized spacial score (nSPS) is 25.6. The molecule has 0 aliphatic carbocycles. The number of hydrogen-bond acceptors (Lipinski definition) is 9. The lowest BCUT2D eigenvalue weighted by atomic mass is 9.79. The minimum Gasteiger partial charge on any atom is -0.466 e. The highest BCUT2D eigenvalue weighted by Crippen LogP contribution is 2.45. The summed E-state index contributed by atoms with van der Waals surface area (Å²) in [6, 6.07) is 5.47. The largest absolute Gasteiger partial charge is 0.466 e. The molecule has 0 saturated carbocycles. The van der Waals surface area contributed by atoms with Crippen molar-refractivity contribution in [2.24, 2.45) is 0 Å². The number of piperazine rings is 1. The quantitative estimate of drug-likeness (QED) is 0.244. The number of alkyl halides is 1. The fraction of sp³-hybridized carbons (Fsp3) is 0.562. The van der Waals surface area contributed by atoms with Gasteiger partial charge in [0.1, 0.15) is 0 Å². The lowest BCUT2D eigenvalue weighted by Gasteiger charge is -2.45. The highest BCUT2D eigenvalue weighted by atomic mass is 35.5. The fourth-order valence-corrected chi connectivity index (χ4v) is 8.08. The molecule has 3 saturated heterocycles. The maximum atomic E-state index is 13.7. The third-order valence-corrected chi connectivity index (χ3v) is 10.2. The molecule has 46 heavy (non-hydrogen) atoms. The summed E-state index contributed by atoms with van der Waals surface area (Å²) in [5, 5.41) is 3.62. The van der Waals surface area contributed by atoms with Crippen LogP contribution in [0.5, 0.6) is 0 Å². The number of amides is 2. The van der Waals surface area contributed by atoms with E-state index in [-0.39, 0.29) is 51.7 Å². The van der Waals surface area contributed by atoms with Crippen LogP contribution in [0.3, 0.4) is 0 Å². The highest BCUT2D eigenvalue weighted by molar-refractivity contribution is 6.36. The van der Waals surface area contributed by atoms with Crippen molar-refractivity contribution in [1.29, 1.82) is 0 Å². The predicted molar refractivity (Wildman–Crippen MR) is 172 cm³/mol. The van der Waals surface area contributed by atoms with Crippen LogP contribution in [-0.2, 0) is 28.6 Å². The SMILES string of the molecule is COC(=O)C1=C(C)NC(CC(=O)N2CCN(C3CC4CCC(C3)N4C(=O)OC(C)Cl)CC2)=C(C(=O)OC)C1c1c(Cl)cccc1Cl. The number of dihydropyridines is 1. The molecular formula is C32H39Cl3N4O7. The van der Waals surface area contributed by atoms with Crippen molar-refractivity contribution in [3.05, 3.63) is 56.3 Å². The third-order valence-electron chi connectivity index (χ3n) is 9.44. The molecule has 4 atom stereocenters. The van der Waals surface area contributed by atoms with Gasteiger partial charge in [-0.05, 0) is 51.7 Å². The summed E-state index contributed by atoms with van der Waals surface area (Å²) < 4.78 is 15.5. The number of esters is 2. The number of ether oxygens (including phenoxy) is 3. The van der Waals surface area contributed by atoms with Gasteiger partial charge in [-0.1, -0.05) is 40.9 Å². The Kier molecular flexibility index (Phi) is 10.8. The summed E-state index contributed by atoms with van der Waals surface area (Å²) >= 11 is 19.1. The second kappa shape index (κ2) is 14.4. The first-order chi connectivity index (χ1) is 21.9. The average Bonchev–Trinajstić information content (AvgIpc) is 3.29. The first kappa shape index (κ1) is 34.3. The van der Waals surface area contributed by atoms with Gasteiger partial charge in [0.15, 0.2) is 5.56 Å². The van der Waals surface area contributed by atoms with E-state index in [1.807, 2.05) is 4.90 Å². The van der Waals surface area contributed by atoms with Crippen molar-refractivity contribution in [2.75, 3.05) is 40.4 Å². The van der Waals surface area contributed by atoms with Crippen LogP contribution in [-0.4, -0.2) is 103 Å². The number of carbonyl (C=O) groups is 4. The van der Waals surface area contributed by atoms with Crippen LogP contribution >= 0.6 is 34.8 Å². The van der Waals surface area contributed by atoms with Crippen molar-refractivity contribution >= 4 is 58.7 Å². The van der Waals surface area contributed by atoms with Gasteiger partial charge in [-0.2, -0.15) is 0 Å². The van der Waals surface area contributed by atoms with E-state index in [1.165, 1.54) is 14.2 Å². The number of fused-ring (bicyclic) bond motifs is 2. The van der Waals surface area contributed by atoms with E-state index >= 15 is 0 Å². The number of allylic oxidation sites excluding steroid dienone is 1. The zero-order valence-electron chi connectivity index (χ0n) is 26.3. The molecule has 4 aliphatic heterocycles. The Balaban J connectivity index is 1.31. The van der Waals surface area contributed by atoms with Crippen LogP contribution in [0.2, 0.25) is 10.0 Å². The molecule has 4 aliphatic rings. The molecule has 2 amide bonds. The molecule has 1 aromatic rings. The summed E-state index contributed by atoms with van der Waals surface area (Å²) in [6.07, 6.45) is 3.14. The molecule has 3 fully saturated rings. The van der Waals surface area contributed by atoms with E-state index in [0.717, 1.165) is 25.7 Å². The van der Waals surface area contributed by atoms with E-state index in [4.69, 9.17) is 49.0 Å². The molecule has 11 nitrogen and oxygen atoms in total. The second-order valence-corrected chi connectivity index (χ2v) is 13.5. The van der Waals surface area contributed by atoms with Crippen LogP contribution in [0, 0.1) is 0 Å². The number of carbonyl (C=O) groups excluding carboxylic acids is 4. The number of halogens is 3. The number of nitrogens with one attached hydrogen (secondary N) is 1. The Hall–Kier alpha value is -2.99. The number of rotatable bonds is 7. The van der Waals surface area contributed by atoms with Gasteiger partial charge in [0.05, 0.1) is 37.7 Å². The second-order valence-electron chi connectivity index (χ2n) is 12.0. The summed E-state index contributed by atoms with van der Waals surface area (Å²) in [6.45, 7) is 5.73. The first-order valence-electron chi connectivity index (χ1n) is 15.4. The van der Waals surface area contributed by atoms with E-state index in [0.29, 0.717) is 49.2 Å². The molecule has 5 rings (SSSR count). The van der Waals surface area contributed by atoms with Gasteiger partial charge in [0.25, 0.3) is 0 Å². The Labute approximate surface area is 283 Å². The predicted octanol–water partition coefficient (Wildman–Crippen LogP) is 4.81. The van der Waals surface area contributed by atoms with E-state index in [9.17, 15) is 19.2 Å². The number of hydrogen-bond donors (Lipinski definition) is 1. The van der Waals surface area contributed by atoms with Crippen LogP contribution < -0.4 is 5.32 Å². The summed E-state index contributed by atoms with van der Waals surface area (Å²) in [4.78, 5) is 58.8. The van der Waals surface area contributed by atoms with Crippen molar-refractivity contribution in [3.8, 4) is 0 Å². The number of methoxy groups -OCH3 is 2. The molecule has 4 heterocycles. The van der Waals surface area contributed by atoms with Crippen molar-refractivity contribution < 1.29 is 33.4 Å². The Morgan fingerprint density at radius 2 is 1.48 bits per heavy atom. The molecule has 0 aromatic heterocycles. The topological polar surface area (TPSA) is 118 Å². The van der Waals surface area contributed by atoms with E-state index in [1.54, 1.807) is 36.9 Å². The highest BCUT2D eigenvalue weighted by Gasteiger charge is 2.46. The maximum Gasteiger partial charge on any atom is 0.411 e. The zero-order chi connectivity index (χ0) is 33.3. The fourth-order valence-electron chi connectivity index (χ4n) is 7.39. The van der Waals surface area contributed by atoms with Gasteiger partial charge in [-0.15, -0.1) is 0 Å². The Bertz CT molecular complexity index is 1420. The van der Waals surface area contributed by atoms with E-state index < -0.39 is 23.4 Å². The smallest absolute Gasteiger partial charge is 0.411 e. The van der Waals surface area contributed by atoms with Gasteiger partial charge in [-0.3, -0.25) is 9.69 Å². The number of nitrogens with zero attached hydrogens (tertiary/aromatic N) is 3.